The monoisotopic (exact) mass is 539 g/mol. The molecule has 1 aliphatic rings. The zero-order chi connectivity index (χ0) is 21.3. The van der Waals surface area contributed by atoms with Crippen LogP contribution in [0.15, 0.2) is 53.5 Å². The number of ether oxygens (including phenoxy) is 2. The number of nitrogens with one attached hydrogen (secondary N) is 2. The van der Waals surface area contributed by atoms with E-state index >= 15 is 0 Å². The van der Waals surface area contributed by atoms with Crippen molar-refractivity contribution in [1.29, 1.82) is 0 Å². The van der Waals surface area contributed by atoms with Gasteiger partial charge in [-0.1, -0.05) is 30.3 Å². The van der Waals surface area contributed by atoms with Crippen LogP contribution in [0.1, 0.15) is 50.3 Å². The molecular formula is C24H34IN3O3. The van der Waals surface area contributed by atoms with E-state index in [0.717, 1.165) is 43.2 Å². The molecule has 2 aromatic carbocycles. The molecule has 0 radical (unpaired) electrons. The largest absolute Gasteiger partial charge is 0.493 e. The molecular weight excluding hydrogens is 505 g/mol. The predicted octanol–water partition coefficient (Wildman–Crippen LogP) is 4.25. The summed E-state index contributed by atoms with van der Waals surface area (Å²) in [6.45, 7) is 8.55. The summed E-state index contributed by atoms with van der Waals surface area (Å²) in [5.41, 5.74) is 2.06. The fourth-order valence-corrected chi connectivity index (χ4v) is 3.51. The van der Waals surface area contributed by atoms with E-state index in [1.807, 2.05) is 63.2 Å². The highest BCUT2D eigenvalue weighted by atomic mass is 127. The van der Waals surface area contributed by atoms with Gasteiger partial charge < -0.3 is 25.2 Å². The molecule has 0 bridgehead atoms. The number of guanidine groups is 1. The summed E-state index contributed by atoms with van der Waals surface area (Å²) in [7, 11) is 0. The molecule has 31 heavy (non-hydrogen) atoms. The maximum Gasteiger partial charge on any atom is 0.191 e. The number of aliphatic hydroxyl groups excluding tert-OH is 1. The Morgan fingerprint density at radius 3 is 2.61 bits per heavy atom. The summed E-state index contributed by atoms with van der Waals surface area (Å²) in [5.74, 6) is 2.85. The van der Waals surface area contributed by atoms with E-state index in [1.54, 1.807) is 0 Å². The van der Waals surface area contributed by atoms with Crippen molar-refractivity contribution in [2.24, 2.45) is 4.99 Å². The number of para-hydroxylation sites is 1. The average molecular weight is 539 g/mol. The van der Waals surface area contributed by atoms with Crippen molar-refractivity contribution in [3.05, 3.63) is 59.7 Å². The van der Waals surface area contributed by atoms with E-state index in [1.165, 1.54) is 5.56 Å². The molecule has 1 heterocycles. The number of hydrogen-bond acceptors (Lipinski definition) is 4. The Labute approximate surface area is 202 Å². The number of nitrogens with zero attached hydrogens (tertiary/aromatic N) is 1. The lowest BCUT2D eigenvalue weighted by atomic mass is 9.93. The minimum atomic E-state index is -0.669. The molecule has 170 valence electrons. The maximum atomic E-state index is 10.5. The molecule has 0 aromatic heterocycles. The topological polar surface area (TPSA) is 75.1 Å². The second kappa shape index (κ2) is 12.8. The standard InChI is InChI=1S/C24H33N3O3.HI/c1-4-25-24(26-15-19-13-14-29-23-8-6-5-7-21(19)23)27-16-22(28)18-9-11-20(12-10-18)30-17(2)3;/h5-12,17,19,22,28H,4,13-16H2,1-3H3,(H2,25,26,27);1H. The summed E-state index contributed by atoms with van der Waals surface area (Å²) in [6.07, 6.45) is 0.427. The van der Waals surface area contributed by atoms with Crippen molar-refractivity contribution in [3.63, 3.8) is 0 Å². The van der Waals surface area contributed by atoms with Gasteiger partial charge in [-0.15, -0.1) is 24.0 Å². The lowest BCUT2D eigenvalue weighted by molar-refractivity contribution is 0.186. The Kier molecular flexibility index (Phi) is 10.4. The second-order valence-electron chi connectivity index (χ2n) is 7.72. The summed E-state index contributed by atoms with van der Waals surface area (Å²) in [4.78, 5) is 4.58. The van der Waals surface area contributed by atoms with E-state index in [0.29, 0.717) is 11.9 Å². The van der Waals surface area contributed by atoms with Gasteiger partial charge >= 0.3 is 0 Å². The molecule has 0 aliphatic carbocycles. The fourth-order valence-electron chi connectivity index (χ4n) is 3.51. The third kappa shape index (κ3) is 7.57. The van der Waals surface area contributed by atoms with E-state index in [4.69, 9.17) is 9.47 Å². The molecule has 3 rings (SSSR count). The molecule has 0 amide bonds. The van der Waals surface area contributed by atoms with Crippen molar-refractivity contribution in [2.45, 2.75) is 45.3 Å². The number of halogens is 1. The zero-order valence-electron chi connectivity index (χ0n) is 18.5. The summed E-state index contributed by atoms with van der Waals surface area (Å²) in [6, 6.07) is 15.7. The van der Waals surface area contributed by atoms with Gasteiger partial charge in [0.05, 0.1) is 25.4 Å². The SMILES string of the molecule is CCNC(=NCC(O)c1ccc(OC(C)C)cc1)NCC1CCOc2ccccc21.I. The maximum absolute atomic E-state index is 10.5. The molecule has 0 spiro atoms. The molecule has 0 saturated carbocycles. The van der Waals surface area contributed by atoms with Crippen LogP contribution in [-0.2, 0) is 0 Å². The predicted molar refractivity (Wildman–Crippen MR) is 136 cm³/mol. The summed E-state index contributed by atoms with van der Waals surface area (Å²) >= 11 is 0. The molecule has 6 nitrogen and oxygen atoms in total. The first-order chi connectivity index (χ1) is 14.6. The first-order valence-electron chi connectivity index (χ1n) is 10.8. The molecule has 1 aliphatic heterocycles. The first kappa shape index (κ1) is 25.3. The van der Waals surface area contributed by atoms with Gasteiger partial charge in [0.1, 0.15) is 11.5 Å². The van der Waals surface area contributed by atoms with Crippen molar-refractivity contribution in [2.75, 3.05) is 26.2 Å². The molecule has 7 heteroatoms. The average Bonchev–Trinajstić information content (AvgIpc) is 2.75. The number of aliphatic hydroxyl groups is 1. The zero-order valence-corrected chi connectivity index (χ0v) is 20.8. The highest BCUT2D eigenvalue weighted by Gasteiger charge is 2.21. The van der Waals surface area contributed by atoms with Crippen molar-refractivity contribution < 1.29 is 14.6 Å². The summed E-state index contributed by atoms with van der Waals surface area (Å²) < 4.78 is 11.4. The second-order valence-corrected chi connectivity index (χ2v) is 7.72. The smallest absolute Gasteiger partial charge is 0.191 e. The minimum Gasteiger partial charge on any atom is -0.493 e. The van der Waals surface area contributed by atoms with Crippen LogP contribution in [-0.4, -0.2) is 43.4 Å². The number of rotatable bonds is 8. The molecule has 0 fully saturated rings. The van der Waals surface area contributed by atoms with Crippen LogP contribution in [0.25, 0.3) is 0 Å². The van der Waals surface area contributed by atoms with E-state index < -0.39 is 6.10 Å². The van der Waals surface area contributed by atoms with Crippen LogP contribution in [0.4, 0.5) is 0 Å². The number of benzene rings is 2. The highest BCUT2D eigenvalue weighted by Crippen LogP contribution is 2.32. The van der Waals surface area contributed by atoms with Gasteiger partial charge in [-0.3, -0.25) is 4.99 Å². The number of aliphatic imine (C=N–C) groups is 1. The Morgan fingerprint density at radius 2 is 1.90 bits per heavy atom. The first-order valence-corrected chi connectivity index (χ1v) is 10.8. The van der Waals surface area contributed by atoms with Crippen LogP contribution in [0, 0.1) is 0 Å². The minimum absolute atomic E-state index is 0. The van der Waals surface area contributed by atoms with Crippen LogP contribution in [0.5, 0.6) is 11.5 Å². The Bertz CT molecular complexity index is 827. The third-order valence-corrected chi connectivity index (χ3v) is 5.00. The van der Waals surface area contributed by atoms with Gasteiger partial charge in [0.25, 0.3) is 0 Å². The van der Waals surface area contributed by atoms with Crippen molar-refractivity contribution in [3.8, 4) is 11.5 Å². The molecule has 2 atom stereocenters. The molecule has 2 unspecified atom stereocenters. The molecule has 0 saturated heterocycles. The lowest BCUT2D eigenvalue weighted by Gasteiger charge is -2.26. The Balaban J connectivity index is 0.00000341. The van der Waals surface area contributed by atoms with Crippen LogP contribution < -0.4 is 20.1 Å². The number of hydrogen-bond donors (Lipinski definition) is 3. The van der Waals surface area contributed by atoms with Gasteiger partial charge in [0, 0.05) is 19.0 Å². The normalized spacial score (nSPS) is 16.5. The Morgan fingerprint density at radius 1 is 1.16 bits per heavy atom. The van der Waals surface area contributed by atoms with E-state index in [9.17, 15) is 5.11 Å². The quantitative estimate of drug-likeness (QED) is 0.266. The number of fused-ring (bicyclic) bond motifs is 1. The van der Waals surface area contributed by atoms with E-state index in [2.05, 4.69) is 21.7 Å². The van der Waals surface area contributed by atoms with Gasteiger partial charge in [-0.05, 0) is 56.5 Å². The van der Waals surface area contributed by atoms with Gasteiger partial charge in [0.2, 0.25) is 0 Å². The highest BCUT2D eigenvalue weighted by molar-refractivity contribution is 14.0. The van der Waals surface area contributed by atoms with Crippen molar-refractivity contribution in [1.82, 2.24) is 10.6 Å². The van der Waals surface area contributed by atoms with Gasteiger partial charge in [-0.2, -0.15) is 0 Å². The molecule has 3 N–H and O–H groups in total. The fraction of sp³-hybridized carbons (Fsp3) is 0.458. The van der Waals surface area contributed by atoms with Crippen LogP contribution in [0.2, 0.25) is 0 Å². The Hall–Kier alpha value is -2.00. The van der Waals surface area contributed by atoms with Gasteiger partial charge in [0.15, 0.2) is 5.96 Å². The lowest BCUT2D eigenvalue weighted by Crippen LogP contribution is -2.40. The third-order valence-electron chi connectivity index (χ3n) is 5.00. The van der Waals surface area contributed by atoms with Gasteiger partial charge in [-0.25, -0.2) is 0 Å². The van der Waals surface area contributed by atoms with Crippen LogP contribution in [0.3, 0.4) is 0 Å². The van der Waals surface area contributed by atoms with Crippen molar-refractivity contribution >= 4 is 29.9 Å². The van der Waals surface area contributed by atoms with Crippen LogP contribution >= 0.6 is 24.0 Å². The van der Waals surface area contributed by atoms with E-state index in [-0.39, 0.29) is 36.6 Å². The molecule has 2 aromatic rings. The summed E-state index contributed by atoms with van der Waals surface area (Å²) in [5, 5.41) is 17.2.